The van der Waals surface area contributed by atoms with Crippen LogP contribution in [0, 0.1) is 0 Å². The summed E-state index contributed by atoms with van der Waals surface area (Å²) in [4.78, 5) is 14.0. The van der Waals surface area contributed by atoms with Crippen LogP contribution in [0.3, 0.4) is 0 Å². The summed E-state index contributed by atoms with van der Waals surface area (Å²) in [5.74, 6) is 0. The van der Waals surface area contributed by atoms with Gasteiger partial charge >= 0.3 is 6.03 Å². The molecular weight excluding hydrogens is 254 g/mol. The lowest BCUT2D eigenvalue weighted by molar-refractivity contribution is 0.0955. The highest BCUT2D eigenvalue weighted by molar-refractivity contribution is 5.93. The van der Waals surface area contributed by atoms with Gasteiger partial charge in [0.2, 0.25) is 0 Å². The Labute approximate surface area is 120 Å². The van der Waals surface area contributed by atoms with Gasteiger partial charge in [-0.2, -0.15) is 0 Å². The first kappa shape index (κ1) is 14.7. The summed E-state index contributed by atoms with van der Waals surface area (Å²) < 4.78 is 0. The van der Waals surface area contributed by atoms with Crippen LogP contribution in [0.1, 0.15) is 25.7 Å². The van der Waals surface area contributed by atoms with Gasteiger partial charge in [-0.05, 0) is 25.0 Å². The molecule has 1 aromatic rings. The van der Waals surface area contributed by atoms with Crippen LogP contribution in [0.25, 0.3) is 0 Å². The molecule has 20 heavy (non-hydrogen) atoms. The molecule has 0 aliphatic heterocycles. The molecule has 2 amide bonds. The number of urea groups is 1. The Morgan fingerprint density at radius 2 is 1.95 bits per heavy atom. The van der Waals surface area contributed by atoms with Crippen LogP contribution in [0.15, 0.2) is 24.3 Å². The van der Waals surface area contributed by atoms with E-state index in [-0.39, 0.29) is 12.1 Å². The van der Waals surface area contributed by atoms with Crippen molar-refractivity contribution in [2.75, 3.05) is 24.3 Å². The molecule has 0 spiro atoms. The number of hydrogen-bond donors (Lipinski definition) is 3. The topological polar surface area (TPSA) is 64.6 Å². The van der Waals surface area contributed by atoms with Gasteiger partial charge in [0.25, 0.3) is 0 Å². The molecule has 3 N–H and O–H groups in total. The number of nitrogens with one attached hydrogen (secondary N) is 2. The monoisotopic (exact) mass is 277 g/mol. The Hall–Kier alpha value is -1.75. The standard InChI is InChI=1S/C15H23N3O2/c1-18(2)13-9-5-3-7-11(13)16-15(20)17-12-8-4-6-10-14(12)19/h3,5,7,9,12,14,19H,4,6,8,10H2,1-2H3,(H2,16,17,20). The number of rotatable bonds is 3. The number of benzene rings is 1. The summed E-state index contributed by atoms with van der Waals surface area (Å²) in [5, 5.41) is 15.6. The van der Waals surface area contributed by atoms with Gasteiger partial charge in [0.1, 0.15) is 0 Å². The summed E-state index contributed by atoms with van der Waals surface area (Å²) in [7, 11) is 3.87. The minimum atomic E-state index is -0.432. The largest absolute Gasteiger partial charge is 0.391 e. The fourth-order valence-electron chi connectivity index (χ4n) is 2.58. The number of aliphatic hydroxyl groups excluding tert-OH is 1. The molecular formula is C15H23N3O2. The molecule has 5 nitrogen and oxygen atoms in total. The van der Waals surface area contributed by atoms with Crippen molar-refractivity contribution in [3.8, 4) is 0 Å². The normalized spacial score (nSPS) is 22.1. The van der Waals surface area contributed by atoms with Crippen molar-refractivity contribution in [3.63, 3.8) is 0 Å². The Morgan fingerprint density at radius 1 is 1.25 bits per heavy atom. The van der Waals surface area contributed by atoms with E-state index in [0.29, 0.717) is 0 Å². The number of anilines is 2. The minimum absolute atomic E-state index is 0.143. The number of hydrogen-bond acceptors (Lipinski definition) is 3. The molecule has 2 unspecified atom stereocenters. The number of aliphatic hydroxyl groups is 1. The maximum absolute atomic E-state index is 12.0. The van der Waals surface area contributed by atoms with Crippen LogP contribution in [0.4, 0.5) is 16.2 Å². The lowest BCUT2D eigenvalue weighted by Gasteiger charge is -2.28. The van der Waals surface area contributed by atoms with Gasteiger partial charge in [-0.1, -0.05) is 25.0 Å². The number of nitrogens with zero attached hydrogens (tertiary/aromatic N) is 1. The Morgan fingerprint density at radius 3 is 2.65 bits per heavy atom. The molecule has 1 aliphatic carbocycles. The van der Waals surface area contributed by atoms with E-state index < -0.39 is 6.10 Å². The first-order valence-electron chi connectivity index (χ1n) is 7.10. The smallest absolute Gasteiger partial charge is 0.319 e. The zero-order chi connectivity index (χ0) is 14.5. The summed E-state index contributed by atoms with van der Waals surface area (Å²) >= 11 is 0. The molecule has 1 fully saturated rings. The molecule has 0 aromatic heterocycles. The van der Waals surface area contributed by atoms with Gasteiger partial charge in [0.15, 0.2) is 0 Å². The van der Waals surface area contributed by atoms with Crippen molar-refractivity contribution < 1.29 is 9.90 Å². The number of carbonyl (C=O) groups excluding carboxylic acids is 1. The van der Waals surface area contributed by atoms with Crippen molar-refractivity contribution in [2.45, 2.75) is 37.8 Å². The fourth-order valence-corrected chi connectivity index (χ4v) is 2.58. The third-order valence-corrected chi connectivity index (χ3v) is 3.68. The summed E-state index contributed by atoms with van der Waals surface area (Å²) in [6.45, 7) is 0. The maximum atomic E-state index is 12.0. The van der Waals surface area contributed by atoms with E-state index in [0.717, 1.165) is 37.1 Å². The van der Waals surface area contributed by atoms with Crippen LogP contribution < -0.4 is 15.5 Å². The molecule has 0 heterocycles. The first-order chi connectivity index (χ1) is 9.58. The number of para-hydroxylation sites is 2. The molecule has 1 saturated carbocycles. The van der Waals surface area contributed by atoms with E-state index in [2.05, 4.69) is 10.6 Å². The Balaban J connectivity index is 1.97. The highest BCUT2D eigenvalue weighted by Crippen LogP contribution is 2.23. The first-order valence-corrected chi connectivity index (χ1v) is 7.10. The van der Waals surface area contributed by atoms with Crippen LogP contribution >= 0.6 is 0 Å². The Kier molecular flexibility index (Phi) is 4.84. The molecule has 0 saturated heterocycles. The van der Waals surface area contributed by atoms with Crippen molar-refractivity contribution in [2.24, 2.45) is 0 Å². The molecule has 5 heteroatoms. The van der Waals surface area contributed by atoms with Crippen molar-refractivity contribution in [1.29, 1.82) is 0 Å². The molecule has 1 aliphatic rings. The van der Waals surface area contributed by atoms with Crippen LogP contribution in [0.5, 0.6) is 0 Å². The highest BCUT2D eigenvalue weighted by Gasteiger charge is 2.24. The second-order valence-corrected chi connectivity index (χ2v) is 5.47. The predicted octanol–water partition coefficient (Wildman–Crippen LogP) is 2.18. The molecule has 110 valence electrons. The van der Waals surface area contributed by atoms with E-state index in [9.17, 15) is 9.90 Å². The lowest BCUT2D eigenvalue weighted by Crippen LogP contribution is -2.46. The van der Waals surface area contributed by atoms with Crippen LogP contribution in [0.2, 0.25) is 0 Å². The van der Waals surface area contributed by atoms with E-state index >= 15 is 0 Å². The second-order valence-electron chi connectivity index (χ2n) is 5.47. The average molecular weight is 277 g/mol. The molecule has 2 atom stereocenters. The van der Waals surface area contributed by atoms with E-state index in [1.165, 1.54) is 0 Å². The zero-order valence-corrected chi connectivity index (χ0v) is 12.1. The summed E-state index contributed by atoms with van der Waals surface area (Å²) in [5.41, 5.74) is 1.71. The van der Waals surface area contributed by atoms with Gasteiger partial charge in [0, 0.05) is 14.1 Å². The number of carbonyl (C=O) groups is 1. The van der Waals surface area contributed by atoms with Crippen molar-refractivity contribution in [3.05, 3.63) is 24.3 Å². The van der Waals surface area contributed by atoms with Gasteiger partial charge in [-0.25, -0.2) is 4.79 Å². The maximum Gasteiger partial charge on any atom is 0.319 e. The summed E-state index contributed by atoms with van der Waals surface area (Å²) in [6.07, 6.45) is 3.25. The second kappa shape index (κ2) is 6.61. The third-order valence-electron chi connectivity index (χ3n) is 3.68. The van der Waals surface area contributed by atoms with E-state index in [1.807, 2.05) is 43.3 Å². The lowest BCUT2D eigenvalue weighted by atomic mass is 9.93. The molecule has 1 aromatic carbocycles. The van der Waals surface area contributed by atoms with Crippen LogP contribution in [-0.4, -0.2) is 37.4 Å². The van der Waals surface area contributed by atoms with Crippen LogP contribution in [-0.2, 0) is 0 Å². The fraction of sp³-hybridized carbons (Fsp3) is 0.533. The molecule has 2 rings (SSSR count). The van der Waals surface area contributed by atoms with Gasteiger partial charge < -0.3 is 20.6 Å². The number of amides is 2. The average Bonchev–Trinajstić information content (AvgIpc) is 2.41. The summed E-state index contributed by atoms with van der Waals surface area (Å²) in [6, 6.07) is 7.24. The molecule has 0 bridgehead atoms. The SMILES string of the molecule is CN(C)c1ccccc1NC(=O)NC1CCCCC1O. The predicted molar refractivity (Wildman–Crippen MR) is 81.2 cm³/mol. The van der Waals surface area contributed by atoms with E-state index in [1.54, 1.807) is 0 Å². The van der Waals surface area contributed by atoms with Crippen molar-refractivity contribution in [1.82, 2.24) is 5.32 Å². The zero-order valence-electron chi connectivity index (χ0n) is 12.1. The van der Waals surface area contributed by atoms with E-state index in [4.69, 9.17) is 0 Å². The van der Waals surface area contributed by atoms with Gasteiger partial charge in [-0.15, -0.1) is 0 Å². The van der Waals surface area contributed by atoms with Crippen molar-refractivity contribution >= 4 is 17.4 Å². The Bertz CT molecular complexity index is 462. The molecule has 0 radical (unpaired) electrons. The van der Waals surface area contributed by atoms with Gasteiger partial charge in [0.05, 0.1) is 23.5 Å². The minimum Gasteiger partial charge on any atom is -0.391 e. The van der Waals surface area contributed by atoms with Gasteiger partial charge in [-0.3, -0.25) is 0 Å². The quantitative estimate of drug-likeness (QED) is 0.793. The highest BCUT2D eigenvalue weighted by atomic mass is 16.3. The third kappa shape index (κ3) is 3.63.